The molecule has 0 bridgehead atoms. The Morgan fingerprint density at radius 2 is 2.12 bits per heavy atom. The molecule has 5 heteroatoms. The van der Waals surface area contributed by atoms with Crippen molar-refractivity contribution in [2.24, 2.45) is 0 Å². The maximum absolute atomic E-state index is 11.2. The number of halogens is 1. The molecule has 2 heterocycles. The summed E-state index contributed by atoms with van der Waals surface area (Å²) in [5.74, 6) is -0.828. The largest absolute Gasteiger partial charge is 0.478 e. The van der Waals surface area contributed by atoms with E-state index in [-0.39, 0.29) is 12.4 Å². The molecule has 0 aromatic heterocycles. The van der Waals surface area contributed by atoms with Crippen LogP contribution in [0.25, 0.3) is 0 Å². The number of fused-ring (bicyclic) bond motifs is 3. The molecule has 0 amide bonds. The highest BCUT2D eigenvalue weighted by Gasteiger charge is 2.29. The highest BCUT2D eigenvalue weighted by molar-refractivity contribution is 8.06. The topological polar surface area (TPSA) is 40.5 Å². The van der Waals surface area contributed by atoms with Crippen LogP contribution < -0.4 is 4.90 Å². The molecule has 2 aliphatic rings. The zero-order valence-electron chi connectivity index (χ0n) is 8.79. The molecule has 88 valence electrons. The van der Waals surface area contributed by atoms with Crippen LogP contribution in [0.4, 0.5) is 5.69 Å². The van der Waals surface area contributed by atoms with Crippen molar-refractivity contribution in [3.8, 4) is 0 Å². The van der Waals surface area contributed by atoms with Crippen molar-refractivity contribution in [3.05, 3.63) is 52.0 Å². The second-order valence-electron chi connectivity index (χ2n) is 3.67. The molecule has 0 aliphatic carbocycles. The van der Waals surface area contributed by atoms with E-state index in [1.165, 1.54) is 11.8 Å². The normalized spacial score (nSPS) is 16.4. The fourth-order valence-corrected chi connectivity index (χ4v) is 2.90. The van der Waals surface area contributed by atoms with Gasteiger partial charge < -0.3 is 10.0 Å². The van der Waals surface area contributed by atoms with Crippen LogP contribution in [-0.2, 0) is 11.2 Å². The Balaban J connectivity index is 0.00000108. The molecule has 2 aliphatic heterocycles. The van der Waals surface area contributed by atoms with Crippen molar-refractivity contribution in [1.29, 1.82) is 0 Å². The van der Waals surface area contributed by atoms with Gasteiger partial charge in [-0.2, -0.15) is 0 Å². The van der Waals surface area contributed by atoms with Crippen molar-refractivity contribution in [1.82, 2.24) is 0 Å². The molecular formula is C12H10ClNO2S. The number of anilines is 1. The van der Waals surface area contributed by atoms with Crippen molar-refractivity contribution < 1.29 is 9.90 Å². The number of hydrogen-bond donors (Lipinski definition) is 1. The lowest BCUT2D eigenvalue weighted by atomic mass is 10.00. The third kappa shape index (κ3) is 1.83. The number of thioether (sulfide) groups is 1. The van der Waals surface area contributed by atoms with Gasteiger partial charge >= 0.3 is 5.97 Å². The van der Waals surface area contributed by atoms with Crippen LogP contribution in [0.1, 0.15) is 5.56 Å². The Hall–Kier alpha value is -1.39. The molecular weight excluding hydrogens is 258 g/mol. The number of aliphatic carboxylic acids is 1. The third-order valence-electron chi connectivity index (χ3n) is 2.74. The van der Waals surface area contributed by atoms with Gasteiger partial charge in [0.15, 0.2) is 0 Å². The van der Waals surface area contributed by atoms with Gasteiger partial charge in [-0.25, -0.2) is 4.79 Å². The summed E-state index contributed by atoms with van der Waals surface area (Å²) in [5.41, 5.74) is 2.63. The quantitative estimate of drug-likeness (QED) is 0.849. The van der Waals surface area contributed by atoms with Crippen LogP contribution in [0.3, 0.4) is 0 Å². The van der Waals surface area contributed by atoms with E-state index in [4.69, 9.17) is 0 Å². The minimum absolute atomic E-state index is 0. The summed E-state index contributed by atoms with van der Waals surface area (Å²) < 4.78 is 0. The van der Waals surface area contributed by atoms with Gasteiger partial charge in [0.25, 0.3) is 0 Å². The summed E-state index contributed by atoms with van der Waals surface area (Å²) >= 11 is 1.47. The number of nitrogens with zero attached hydrogens (tertiary/aromatic N) is 1. The van der Waals surface area contributed by atoms with Crippen LogP contribution in [-0.4, -0.2) is 11.1 Å². The Morgan fingerprint density at radius 1 is 1.35 bits per heavy atom. The number of para-hydroxylation sites is 1. The third-order valence-corrected chi connectivity index (χ3v) is 3.67. The van der Waals surface area contributed by atoms with E-state index in [0.29, 0.717) is 12.0 Å². The van der Waals surface area contributed by atoms with Crippen LogP contribution in [0.2, 0.25) is 0 Å². The Labute approximate surface area is 109 Å². The maximum Gasteiger partial charge on any atom is 0.334 e. The van der Waals surface area contributed by atoms with Crippen LogP contribution in [0.15, 0.2) is 46.5 Å². The van der Waals surface area contributed by atoms with Gasteiger partial charge in [-0.3, -0.25) is 0 Å². The smallest absolute Gasteiger partial charge is 0.334 e. The van der Waals surface area contributed by atoms with Crippen LogP contribution in [0.5, 0.6) is 0 Å². The minimum Gasteiger partial charge on any atom is -0.478 e. The highest BCUT2D eigenvalue weighted by atomic mass is 35.5. The zero-order valence-corrected chi connectivity index (χ0v) is 10.4. The molecule has 1 aromatic carbocycles. The number of carboxylic acid groups (broad SMARTS) is 1. The Kier molecular flexibility index (Phi) is 3.17. The van der Waals surface area contributed by atoms with E-state index >= 15 is 0 Å². The molecule has 17 heavy (non-hydrogen) atoms. The minimum atomic E-state index is -0.828. The summed E-state index contributed by atoms with van der Waals surface area (Å²) in [6, 6.07) is 7.91. The van der Waals surface area contributed by atoms with E-state index in [2.05, 4.69) is 0 Å². The number of rotatable bonds is 1. The molecule has 0 fully saturated rings. The summed E-state index contributed by atoms with van der Waals surface area (Å²) in [6.45, 7) is 0. The SMILES string of the molecule is Cl.O=C(O)C1=C2SC=CN2c2ccccc2C1. The van der Waals surface area contributed by atoms with Crippen LogP contribution in [0, 0.1) is 0 Å². The first kappa shape index (κ1) is 12.1. The van der Waals surface area contributed by atoms with E-state index in [1.807, 2.05) is 40.8 Å². The maximum atomic E-state index is 11.2. The molecule has 0 atom stereocenters. The van der Waals surface area contributed by atoms with Crippen LogP contribution >= 0.6 is 24.2 Å². The highest BCUT2D eigenvalue weighted by Crippen LogP contribution is 2.42. The first-order valence-electron chi connectivity index (χ1n) is 4.94. The summed E-state index contributed by atoms with van der Waals surface area (Å²) in [5, 5.41) is 11.9. The van der Waals surface area contributed by atoms with E-state index in [0.717, 1.165) is 16.3 Å². The lowest BCUT2D eigenvalue weighted by molar-refractivity contribution is -0.132. The number of carbonyl (C=O) groups is 1. The molecule has 3 nitrogen and oxygen atoms in total. The summed E-state index contributed by atoms with van der Waals surface area (Å²) in [7, 11) is 0. The van der Waals surface area contributed by atoms with Gasteiger partial charge in [-0.05, 0) is 17.0 Å². The second-order valence-corrected chi connectivity index (χ2v) is 4.56. The molecule has 0 saturated heterocycles. The van der Waals surface area contributed by atoms with Crippen molar-refractivity contribution in [2.45, 2.75) is 6.42 Å². The summed E-state index contributed by atoms with van der Waals surface area (Å²) in [6.07, 6.45) is 2.42. The van der Waals surface area contributed by atoms with Gasteiger partial charge in [0, 0.05) is 18.3 Å². The van der Waals surface area contributed by atoms with Gasteiger partial charge in [0.2, 0.25) is 0 Å². The molecule has 3 rings (SSSR count). The van der Waals surface area contributed by atoms with Gasteiger partial charge in [-0.15, -0.1) is 12.4 Å². The first-order chi connectivity index (χ1) is 7.77. The Morgan fingerprint density at radius 3 is 2.88 bits per heavy atom. The predicted molar refractivity (Wildman–Crippen MR) is 71.3 cm³/mol. The van der Waals surface area contributed by atoms with Gasteiger partial charge in [0.1, 0.15) is 0 Å². The predicted octanol–water partition coefficient (Wildman–Crippen LogP) is 2.99. The number of benzene rings is 1. The van der Waals surface area contributed by atoms with Gasteiger partial charge in [0.05, 0.1) is 10.6 Å². The lowest BCUT2D eigenvalue weighted by Crippen LogP contribution is -2.22. The van der Waals surface area contributed by atoms with Crippen molar-refractivity contribution in [2.75, 3.05) is 4.90 Å². The average molecular weight is 268 g/mol. The van der Waals surface area contributed by atoms with Gasteiger partial charge in [-0.1, -0.05) is 30.0 Å². The monoisotopic (exact) mass is 267 g/mol. The van der Waals surface area contributed by atoms with Crippen molar-refractivity contribution in [3.63, 3.8) is 0 Å². The summed E-state index contributed by atoms with van der Waals surface area (Å²) in [4.78, 5) is 13.1. The van der Waals surface area contributed by atoms with E-state index < -0.39 is 5.97 Å². The zero-order chi connectivity index (χ0) is 11.1. The number of carboxylic acids is 1. The Bertz CT molecular complexity index is 539. The molecule has 0 saturated carbocycles. The molecule has 0 spiro atoms. The molecule has 0 radical (unpaired) electrons. The van der Waals surface area contributed by atoms with E-state index in [1.54, 1.807) is 0 Å². The molecule has 1 N–H and O–H groups in total. The number of hydrogen-bond acceptors (Lipinski definition) is 3. The molecule has 1 aromatic rings. The standard InChI is InChI=1S/C12H9NO2S.ClH/c14-12(15)9-7-8-3-1-2-4-10(8)13-5-6-16-11(9)13;/h1-6H,7H2,(H,14,15);1H. The second kappa shape index (κ2) is 4.47. The lowest BCUT2D eigenvalue weighted by Gasteiger charge is -2.27. The van der Waals surface area contributed by atoms with Crippen molar-refractivity contribution >= 4 is 35.8 Å². The molecule has 0 unspecified atom stereocenters. The average Bonchev–Trinajstić information content (AvgIpc) is 2.76. The first-order valence-corrected chi connectivity index (χ1v) is 5.82. The fraction of sp³-hybridized carbons (Fsp3) is 0.0833. The van der Waals surface area contributed by atoms with E-state index in [9.17, 15) is 9.90 Å². The fourth-order valence-electron chi connectivity index (χ4n) is 2.01.